The Morgan fingerprint density at radius 1 is 1.30 bits per heavy atom. The first-order valence-electron chi connectivity index (χ1n) is 7.87. The summed E-state index contributed by atoms with van der Waals surface area (Å²) in [4.78, 5) is 12.1. The quantitative estimate of drug-likeness (QED) is 0.290. The molecule has 5 heteroatoms. The number of hydrogen-bond acceptors (Lipinski definition) is 3. The number of nitrogens with one attached hydrogen (secondary N) is 1. The van der Waals surface area contributed by atoms with Crippen molar-refractivity contribution >= 4 is 11.7 Å². The molecule has 1 rings (SSSR count). The van der Waals surface area contributed by atoms with Gasteiger partial charge in [-0.25, -0.2) is 0 Å². The van der Waals surface area contributed by atoms with Crippen LogP contribution in [0, 0.1) is 5.92 Å². The molecule has 0 spiro atoms. The molecule has 0 saturated heterocycles. The van der Waals surface area contributed by atoms with Gasteiger partial charge in [0.25, 0.3) is 0 Å². The summed E-state index contributed by atoms with van der Waals surface area (Å²) in [7, 11) is 0. The normalized spacial score (nSPS) is 18.0. The number of oxime groups is 1. The van der Waals surface area contributed by atoms with Gasteiger partial charge in [0.2, 0.25) is 5.91 Å². The second-order valence-corrected chi connectivity index (χ2v) is 5.87. The van der Waals surface area contributed by atoms with Crippen molar-refractivity contribution in [3.63, 3.8) is 0 Å². The van der Waals surface area contributed by atoms with E-state index in [4.69, 9.17) is 10.9 Å². The predicted octanol–water partition coefficient (Wildman–Crippen LogP) is 2.77. The van der Waals surface area contributed by atoms with E-state index < -0.39 is 5.54 Å². The average molecular weight is 283 g/mol. The van der Waals surface area contributed by atoms with Crippen LogP contribution in [0.5, 0.6) is 0 Å². The Morgan fingerprint density at radius 3 is 2.40 bits per heavy atom. The number of nitrogens with zero attached hydrogens (tertiary/aromatic N) is 1. The lowest BCUT2D eigenvalue weighted by Gasteiger charge is -2.31. The summed E-state index contributed by atoms with van der Waals surface area (Å²) < 4.78 is 0. The molecule has 0 heterocycles. The van der Waals surface area contributed by atoms with Gasteiger partial charge in [-0.05, 0) is 25.2 Å². The Hall–Kier alpha value is -1.26. The summed E-state index contributed by atoms with van der Waals surface area (Å²) in [5, 5.41) is 14.9. The lowest BCUT2D eigenvalue weighted by atomic mass is 9.85. The van der Waals surface area contributed by atoms with Crippen LogP contribution >= 0.6 is 0 Å². The van der Waals surface area contributed by atoms with E-state index in [0.29, 0.717) is 25.2 Å². The number of amidine groups is 1. The molecule has 0 aliphatic heterocycles. The third-order valence-electron chi connectivity index (χ3n) is 4.69. The van der Waals surface area contributed by atoms with E-state index in [2.05, 4.69) is 10.5 Å². The van der Waals surface area contributed by atoms with E-state index in [1.165, 1.54) is 32.1 Å². The molecule has 0 bridgehead atoms. The summed E-state index contributed by atoms with van der Waals surface area (Å²) >= 11 is 0. The molecular weight excluding hydrogens is 254 g/mol. The molecule has 4 N–H and O–H groups in total. The highest BCUT2D eigenvalue weighted by Crippen LogP contribution is 2.27. The SMILES string of the molecule is CCC(CC)(NC(=O)CCC1CCCCC1)/C(N)=N/O. The third-order valence-corrected chi connectivity index (χ3v) is 4.69. The van der Waals surface area contributed by atoms with Crippen LogP contribution in [-0.4, -0.2) is 22.5 Å². The first-order chi connectivity index (χ1) is 9.57. The zero-order valence-corrected chi connectivity index (χ0v) is 12.8. The summed E-state index contributed by atoms with van der Waals surface area (Å²) in [6.07, 6.45) is 9.15. The van der Waals surface area contributed by atoms with Gasteiger partial charge in [-0.15, -0.1) is 0 Å². The van der Waals surface area contributed by atoms with Crippen LogP contribution in [0.1, 0.15) is 71.6 Å². The van der Waals surface area contributed by atoms with E-state index in [0.717, 1.165) is 6.42 Å². The standard InChI is InChI=1S/C15H29N3O2/c1-3-15(4-2,14(16)18-20)17-13(19)11-10-12-8-6-5-7-9-12/h12,20H,3-11H2,1-2H3,(H2,16,18)(H,17,19). The summed E-state index contributed by atoms with van der Waals surface area (Å²) in [6.45, 7) is 3.87. The zero-order valence-electron chi connectivity index (χ0n) is 12.8. The van der Waals surface area contributed by atoms with Crippen LogP contribution < -0.4 is 11.1 Å². The van der Waals surface area contributed by atoms with E-state index in [9.17, 15) is 4.79 Å². The molecular formula is C15H29N3O2. The van der Waals surface area contributed by atoms with Gasteiger partial charge in [0.05, 0.1) is 0 Å². The average Bonchev–Trinajstić information content (AvgIpc) is 2.51. The maximum Gasteiger partial charge on any atom is 0.220 e. The number of carbonyl (C=O) groups excluding carboxylic acids is 1. The molecule has 0 unspecified atom stereocenters. The maximum absolute atomic E-state index is 12.1. The van der Waals surface area contributed by atoms with E-state index >= 15 is 0 Å². The second kappa shape index (κ2) is 8.12. The molecule has 0 atom stereocenters. The molecule has 0 aromatic rings. The number of rotatable bonds is 7. The van der Waals surface area contributed by atoms with Crippen LogP contribution in [0.3, 0.4) is 0 Å². The van der Waals surface area contributed by atoms with Crippen LogP contribution in [-0.2, 0) is 4.79 Å². The summed E-state index contributed by atoms with van der Waals surface area (Å²) in [6, 6.07) is 0. The summed E-state index contributed by atoms with van der Waals surface area (Å²) in [5.41, 5.74) is 5.04. The minimum Gasteiger partial charge on any atom is -0.409 e. The van der Waals surface area contributed by atoms with Gasteiger partial charge in [-0.1, -0.05) is 51.1 Å². The first kappa shape index (κ1) is 16.8. The highest BCUT2D eigenvalue weighted by atomic mass is 16.4. The molecule has 20 heavy (non-hydrogen) atoms. The molecule has 5 nitrogen and oxygen atoms in total. The Kier molecular flexibility index (Phi) is 6.82. The summed E-state index contributed by atoms with van der Waals surface area (Å²) in [5.74, 6) is 0.787. The molecule has 1 aliphatic rings. The van der Waals surface area contributed by atoms with Crippen molar-refractivity contribution in [2.24, 2.45) is 16.8 Å². The fourth-order valence-corrected chi connectivity index (χ4v) is 3.09. The van der Waals surface area contributed by atoms with Gasteiger partial charge < -0.3 is 16.3 Å². The molecule has 1 amide bonds. The number of amides is 1. The topological polar surface area (TPSA) is 87.7 Å². The van der Waals surface area contributed by atoms with Gasteiger partial charge in [-0.3, -0.25) is 4.79 Å². The van der Waals surface area contributed by atoms with Crippen molar-refractivity contribution in [2.75, 3.05) is 0 Å². The van der Waals surface area contributed by atoms with Crippen LogP contribution in [0.2, 0.25) is 0 Å². The van der Waals surface area contributed by atoms with Gasteiger partial charge in [-0.2, -0.15) is 0 Å². The zero-order chi connectivity index (χ0) is 15.0. The van der Waals surface area contributed by atoms with E-state index in [1.807, 2.05) is 13.8 Å². The Morgan fingerprint density at radius 2 is 1.90 bits per heavy atom. The van der Waals surface area contributed by atoms with Crippen molar-refractivity contribution in [1.29, 1.82) is 0 Å². The Labute approximate surface area is 122 Å². The Bertz CT molecular complexity index is 332. The van der Waals surface area contributed by atoms with Crippen LogP contribution in [0.25, 0.3) is 0 Å². The van der Waals surface area contributed by atoms with Gasteiger partial charge >= 0.3 is 0 Å². The van der Waals surface area contributed by atoms with Crippen molar-refractivity contribution in [3.05, 3.63) is 0 Å². The molecule has 1 aliphatic carbocycles. The van der Waals surface area contributed by atoms with Crippen molar-refractivity contribution < 1.29 is 10.0 Å². The fraction of sp³-hybridized carbons (Fsp3) is 0.867. The van der Waals surface area contributed by atoms with Gasteiger partial charge in [0.1, 0.15) is 5.54 Å². The Balaban J connectivity index is 2.49. The number of carbonyl (C=O) groups is 1. The highest BCUT2D eigenvalue weighted by Gasteiger charge is 2.33. The van der Waals surface area contributed by atoms with Crippen LogP contribution in [0.15, 0.2) is 5.16 Å². The molecule has 116 valence electrons. The van der Waals surface area contributed by atoms with Crippen molar-refractivity contribution in [3.8, 4) is 0 Å². The fourth-order valence-electron chi connectivity index (χ4n) is 3.09. The van der Waals surface area contributed by atoms with Gasteiger partial charge in [0.15, 0.2) is 5.84 Å². The number of hydrogen-bond donors (Lipinski definition) is 3. The minimum absolute atomic E-state index is 0.00544. The van der Waals surface area contributed by atoms with E-state index in [1.54, 1.807) is 0 Å². The highest BCUT2D eigenvalue weighted by molar-refractivity contribution is 5.93. The molecule has 1 saturated carbocycles. The first-order valence-corrected chi connectivity index (χ1v) is 7.87. The van der Waals surface area contributed by atoms with Crippen molar-refractivity contribution in [1.82, 2.24) is 5.32 Å². The lowest BCUT2D eigenvalue weighted by molar-refractivity contribution is -0.122. The monoisotopic (exact) mass is 283 g/mol. The lowest BCUT2D eigenvalue weighted by Crippen LogP contribution is -2.56. The molecule has 0 aromatic carbocycles. The van der Waals surface area contributed by atoms with Crippen LogP contribution in [0.4, 0.5) is 0 Å². The molecule has 1 fully saturated rings. The molecule has 0 radical (unpaired) electrons. The maximum atomic E-state index is 12.1. The van der Waals surface area contributed by atoms with Crippen molar-refractivity contribution in [2.45, 2.75) is 77.2 Å². The van der Waals surface area contributed by atoms with Gasteiger partial charge in [0, 0.05) is 6.42 Å². The largest absolute Gasteiger partial charge is 0.409 e. The molecule has 0 aromatic heterocycles. The minimum atomic E-state index is -0.710. The van der Waals surface area contributed by atoms with E-state index in [-0.39, 0.29) is 11.7 Å². The second-order valence-electron chi connectivity index (χ2n) is 5.87. The number of nitrogens with two attached hydrogens (primary N) is 1. The third kappa shape index (κ3) is 4.39. The predicted molar refractivity (Wildman–Crippen MR) is 80.7 cm³/mol. The smallest absolute Gasteiger partial charge is 0.220 e.